The van der Waals surface area contributed by atoms with Gasteiger partial charge < -0.3 is 25.1 Å². The fraction of sp³-hybridized carbons (Fsp3) is 0.429. The van der Waals surface area contributed by atoms with Gasteiger partial charge in [0, 0.05) is 32.7 Å². The topological polar surface area (TPSA) is 87.9 Å². The molecule has 1 aromatic heterocycles. The SMILES string of the molecule is CCNC(=NCCCOCc1ccco1)NCCC(=O)Nc1ccc(C)cc1Cl. The lowest BCUT2D eigenvalue weighted by atomic mass is 10.2. The Hall–Kier alpha value is -2.51. The summed E-state index contributed by atoms with van der Waals surface area (Å²) in [5.41, 5.74) is 1.67. The van der Waals surface area contributed by atoms with Crippen LogP contribution in [-0.2, 0) is 16.1 Å². The zero-order valence-electron chi connectivity index (χ0n) is 17.0. The molecule has 3 N–H and O–H groups in total. The summed E-state index contributed by atoms with van der Waals surface area (Å²) in [4.78, 5) is 16.6. The summed E-state index contributed by atoms with van der Waals surface area (Å²) in [5, 5.41) is 9.69. The van der Waals surface area contributed by atoms with E-state index in [9.17, 15) is 4.79 Å². The number of furan rings is 1. The second-order valence-electron chi connectivity index (χ2n) is 6.45. The number of nitrogens with zero attached hydrogens (tertiary/aromatic N) is 1. The molecule has 158 valence electrons. The minimum absolute atomic E-state index is 0.106. The standard InChI is InChI=1S/C21H29ClN4O3/c1-3-23-21(24-10-5-12-28-15-17-6-4-13-29-17)25-11-9-20(27)26-19-8-7-16(2)14-18(19)22/h4,6-8,13-14H,3,5,9-12,15H2,1-2H3,(H,26,27)(H2,23,24,25). The van der Waals surface area contributed by atoms with E-state index in [0.29, 0.717) is 49.4 Å². The number of ether oxygens (including phenoxy) is 1. The van der Waals surface area contributed by atoms with Crippen molar-refractivity contribution in [3.8, 4) is 0 Å². The quantitative estimate of drug-likeness (QED) is 0.293. The normalized spacial score (nSPS) is 11.3. The van der Waals surface area contributed by atoms with E-state index in [2.05, 4.69) is 20.9 Å². The van der Waals surface area contributed by atoms with Crippen molar-refractivity contribution in [1.82, 2.24) is 10.6 Å². The molecule has 0 aliphatic carbocycles. The zero-order chi connectivity index (χ0) is 20.9. The number of halogens is 1. The minimum Gasteiger partial charge on any atom is -0.467 e. The van der Waals surface area contributed by atoms with Crippen LogP contribution >= 0.6 is 11.6 Å². The van der Waals surface area contributed by atoms with Crippen molar-refractivity contribution in [2.24, 2.45) is 4.99 Å². The Morgan fingerprint density at radius 1 is 1.28 bits per heavy atom. The van der Waals surface area contributed by atoms with Gasteiger partial charge >= 0.3 is 0 Å². The number of hydrogen-bond donors (Lipinski definition) is 3. The molecule has 0 radical (unpaired) electrons. The summed E-state index contributed by atoms with van der Waals surface area (Å²) in [6.45, 7) is 6.85. The van der Waals surface area contributed by atoms with Crippen LogP contribution in [-0.4, -0.2) is 38.1 Å². The van der Waals surface area contributed by atoms with Gasteiger partial charge in [-0.05, 0) is 50.1 Å². The molecule has 0 aliphatic heterocycles. The maximum absolute atomic E-state index is 12.1. The first-order valence-corrected chi connectivity index (χ1v) is 10.1. The number of carbonyl (C=O) groups excluding carboxylic acids is 1. The van der Waals surface area contributed by atoms with Gasteiger partial charge in [0.1, 0.15) is 12.4 Å². The van der Waals surface area contributed by atoms with Crippen LogP contribution in [0, 0.1) is 6.92 Å². The number of amides is 1. The molecule has 0 saturated carbocycles. The van der Waals surface area contributed by atoms with E-state index in [4.69, 9.17) is 20.8 Å². The van der Waals surface area contributed by atoms with Crippen molar-refractivity contribution in [3.63, 3.8) is 0 Å². The molecular formula is C21H29ClN4O3. The number of aryl methyl sites for hydroxylation is 1. The predicted octanol–water partition coefficient (Wildman–Crippen LogP) is 3.73. The van der Waals surface area contributed by atoms with Crippen molar-refractivity contribution in [2.75, 3.05) is 31.6 Å². The Kier molecular flexibility index (Phi) is 10.1. The van der Waals surface area contributed by atoms with Gasteiger partial charge in [0.25, 0.3) is 0 Å². The van der Waals surface area contributed by atoms with Gasteiger partial charge in [-0.15, -0.1) is 0 Å². The number of hydrogen-bond acceptors (Lipinski definition) is 4. The van der Waals surface area contributed by atoms with Gasteiger partial charge in [0.15, 0.2) is 5.96 Å². The highest BCUT2D eigenvalue weighted by Gasteiger charge is 2.06. The van der Waals surface area contributed by atoms with E-state index in [1.807, 2.05) is 44.2 Å². The van der Waals surface area contributed by atoms with E-state index in [0.717, 1.165) is 24.3 Å². The molecule has 0 unspecified atom stereocenters. The monoisotopic (exact) mass is 420 g/mol. The Bertz CT molecular complexity index is 778. The van der Waals surface area contributed by atoms with E-state index < -0.39 is 0 Å². The molecule has 1 amide bonds. The van der Waals surface area contributed by atoms with Gasteiger partial charge in [-0.3, -0.25) is 9.79 Å². The van der Waals surface area contributed by atoms with Crippen LogP contribution in [0.2, 0.25) is 5.02 Å². The molecule has 0 bridgehead atoms. The average Bonchev–Trinajstić information content (AvgIpc) is 3.20. The van der Waals surface area contributed by atoms with Crippen LogP contribution in [0.1, 0.15) is 31.1 Å². The van der Waals surface area contributed by atoms with Crippen LogP contribution < -0.4 is 16.0 Å². The average molecular weight is 421 g/mol. The first kappa shape index (κ1) is 22.8. The molecule has 0 spiro atoms. The lowest BCUT2D eigenvalue weighted by Crippen LogP contribution is -2.38. The maximum Gasteiger partial charge on any atom is 0.226 e. The molecule has 0 saturated heterocycles. The first-order chi connectivity index (χ1) is 14.1. The van der Waals surface area contributed by atoms with Crippen LogP contribution in [0.4, 0.5) is 5.69 Å². The van der Waals surface area contributed by atoms with Gasteiger partial charge in [-0.2, -0.15) is 0 Å². The van der Waals surface area contributed by atoms with Crippen LogP contribution in [0.15, 0.2) is 46.0 Å². The molecule has 0 aliphatic rings. The number of aliphatic imine (C=N–C) groups is 1. The lowest BCUT2D eigenvalue weighted by molar-refractivity contribution is -0.116. The van der Waals surface area contributed by atoms with E-state index in [1.165, 1.54) is 0 Å². The van der Waals surface area contributed by atoms with Crippen LogP contribution in [0.5, 0.6) is 0 Å². The van der Waals surface area contributed by atoms with Crippen molar-refractivity contribution < 1.29 is 13.9 Å². The second-order valence-corrected chi connectivity index (χ2v) is 6.86. The predicted molar refractivity (Wildman–Crippen MR) is 116 cm³/mol. The van der Waals surface area contributed by atoms with Crippen LogP contribution in [0.25, 0.3) is 0 Å². The van der Waals surface area contributed by atoms with E-state index >= 15 is 0 Å². The Morgan fingerprint density at radius 2 is 2.14 bits per heavy atom. The Labute approximate surface area is 176 Å². The number of guanidine groups is 1. The van der Waals surface area contributed by atoms with Crippen LogP contribution in [0.3, 0.4) is 0 Å². The molecule has 0 atom stereocenters. The smallest absolute Gasteiger partial charge is 0.226 e. The molecule has 8 heteroatoms. The maximum atomic E-state index is 12.1. The number of nitrogens with one attached hydrogen (secondary N) is 3. The molecule has 7 nitrogen and oxygen atoms in total. The fourth-order valence-electron chi connectivity index (χ4n) is 2.50. The van der Waals surface area contributed by atoms with Crippen molar-refractivity contribution in [3.05, 3.63) is 52.9 Å². The summed E-state index contributed by atoms with van der Waals surface area (Å²) >= 11 is 6.15. The fourth-order valence-corrected chi connectivity index (χ4v) is 2.78. The zero-order valence-corrected chi connectivity index (χ0v) is 17.7. The number of anilines is 1. The molecule has 0 fully saturated rings. The van der Waals surface area contributed by atoms with Crippen molar-refractivity contribution in [2.45, 2.75) is 33.3 Å². The van der Waals surface area contributed by atoms with Gasteiger partial charge in [0.2, 0.25) is 5.91 Å². The van der Waals surface area contributed by atoms with Crippen molar-refractivity contribution >= 4 is 29.2 Å². The van der Waals surface area contributed by atoms with Gasteiger partial charge in [0.05, 0.1) is 17.0 Å². The summed E-state index contributed by atoms with van der Waals surface area (Å²) in [7, 11) is 0. The highest BCUT2D eigenvalue weighted by molar-refractivity contribution is 6.33. The number of rotatable bonds is 11. The third-order valence-electron chi connectivity index (χ3n) is 3.93. The third kappa shape index (κ3) is 9.02. The summed E-state index contributed by atoms with van der Waals surface area (Å²) in [6, 6.07) is 9.27. The van der Waals surface area contributed by atoms with E-state index in [-0.39, 0.29) is 5.91 Å². The molecule has 29 heavy (non-hydrogen) atoms. The summed E-state index contributed by atoms with van der Waals surface area (Å²) < 4.78 is 10.7. The molecule has 2 rings (SSSR count). The van der Waals surface area contributed by atoms with Crippen molar-refractivity contribution in [1.29, 1.82) is 0 Å². The number of carbonyl (C=O) groups is 1. The summed E-state index contributed by atoms with van der Waals surface area (Å²) in [6.07, 6.45) is 2.73. The lowest BCUT2D eigenvalue weighted by Gasteiger charge is -2.12. The third-order valence-corrected chi connectivity index (χ3v) is 4.24. The highest BCUT2D eigenvalue weighted by Crippen LogP contribution is 2.22. The second kappa shape index (κ2) is 12.9. The molecule has 2 aromatic rings. The summed E-state index contributed by atoms with van der Waals surface area (Å²) in [5.74, 6) is 1.39. The first-order valence-electron chi connectivity index (χ1n) is 9.76. The Morgan fingerprint density at radius 3 is 2.86 bits per heavy atom. The van der Waals surface area contributed by atoms with Gasteiger partial charge in [-0.1, -0.05) is 17.7 Å². The number of benzene rings is 1. The molecule has 1 aromatic carbocycles. The molecule has 1 heterocycles. The highest BCUT2D eigenvalue weighted by atomic mass is 35.5. The molecular weight excluding hydrogens is 392 g/mol. The largest absolute Gasteiger partial charge is 0.467 e. The minimum atomic E-state index is -0.106. The van der Waals surface area contributed by atoms with Gasteiger partial charge in [-0.25, -0.2) is 0 Å². The Balaban J connectivity index is 1.65. The van der Waals surface area contributed by atoms with E-state index in [1.54, 1.807) is 6.26 Å².